The summed E-state index contributed by atoms with van der Waals surface area (Å²) in [6.07, 6.45) is 3.17. The van der Waals surface area contributed by atoms with Crippen LogP contribution in [0.5, 0.6) is 5.75 Å². The van der Waals surface area contributed by atoms with Gasteiger partial charge in [0.1, 0.15) is 0 Å². The van der Waals surface area contributed by atoms with E-state index in [-0.39, 0.29) is 29.2 Å². The number of aromatic nitrogens is 2. The number of amides is 1. The third-order valence-electron chi connectivity index (χ3n) is 5.66. The van der Waals surface area contributed by atoms with Gasteiger partial charge in [0, 0.05) is 37.0 Å². The summed E-state index contributed by atoms with van der Waals surface area (Å²) in [4.78, 5) is 20.0. The van der Waals surface area contributed by atoms with E-state index in [9.17, 15) is 13.6 Å². The van der Waals surface area contributed by atoms with E-state index in [1.54, 1.807) is 13.2 Å². The molecule has 9 heteroatoms. The maximum atomic E-state index is 14.7. The van der Waals surface area contributed by atoms with Crippen LogP contribution in [0.3, 0.4) is 0 Å². The Hall–Kier alpha value is -3.46. The molecule has 0 aliphatic carbocycles. The summed E-state index contributed by atoms with van der Waals surface area (Å²) in [5.74, 6) is -1.51. The number of hydrogen-bond acceptors (Lipinski definition) is 5. The molecule has 0 unspecified atom stereocenters. The van der Waals surface area contributed by atoms with Crippen LogP contribution in [0.4, 0.5) is 20.2 Å². The highest BCUT2D eigenvalue weighted by atomic mass is 19.1. The maximum absolute atomic E-state index is 14.7. The predicted octanol–water partition coefficient (Wildman–Crippen LogP) is 4.36. The van der Waals surface area contributed by atoms with Gasteiger partial charge in [-0.2, -0.15) is 0 Å². The van der Waals surface area contributed by atoms with Crippen LogP contribution in [0.2, 0.25) is 0 Å². The van der Waals surface area contributed by atoms with E-state index in [1.165, 1.54) is 31.5 Å². The molecule has 0 saturated heterocycles. The smallest absolute Gasteiger partial charge is 0.255 e. The zero-order valence-electron chi connectivity index (χ0n) is 18.0. The summed E-state index contributed by atoms with van der Waals surface area (Å²) >= 11 is 0. The van der Waals surface area contributed by atoms with E-state index in [2.05, 4.69) is 20.6 Å². The van der Waals surface area contributed by atoms with Crippen LogP contribution in [0.25, 0.3) is 11.3 Å². The number of fused-ring (bicyclic) bond motifs is 1. The fourth-order valence-corrected chi connectivity index (χ4v) is 4.02. The monoisotopic (exact) mass is 442 g/mol. The number of para-hydroxylation sites is 1. The number of H-pyrrole nitrogens is 1. The number of aromatic amines is 1. The lowest BCUT2D eigenvalue weighted by atomic mass is 9.91. The molecule has 168 valence electrons. The number of anilines is 2. The maximum Gasteiger partial charge on any atom is 0.255 e. The molecule has 3 N–H and O–H groups in total. The summed E-state index contributed by atoms with van der Waals surface area (Å²) in [6.45, 7) is 2.36. The number of pyridine rings is 1. The molecule has 7 nitrogen and oxygen atoms in total. The van der Waals surface area contributed by atoms with E-state index < -0.39 is 11.6 Å². The molecule has 1 aliphatic heterocycles. The number of halogens is 2. The van der Waals surface area contributed by atoms with Gasteiger partial charge in [0.2, 0.25) is 0 Å². The van der Waals surface area contributed by atoms with Crippen molar-refractivity contribution < 1.29 is 23.0 Å². The average molecular weight is 442 g/mol. The molecule has 3 aromatic rings. The first-order valence-electron chi connectivity index (χ1n) is 10.2. The van der Waals surface area contributed by atoms with Gasteiger partial charge in [-0.3, -0.25) is 9.78 Å². The molecule has 0 radical (unpaired) electrons. The van der Waals surface area contributed by atoms with Gasteiger partial charge >= 0.3 is 0 Å². The van der Waals surface area contributed by atoms with E-state index >= 15 is 0 Å². The number of benzene rings is 1. The van der Waals surface area contributed by atoms with E-state index in [0.717, 1.165) is 6.20 Å². The SMILES string of the molecule is COc1c(F)cccc1Nc1c(-c2ccncc2F)[nH]c2c1C(=O)NC[C@@H]2C[C@@H](C)OC. The Labute approximate surface area is 184 Å². The fourth-order valence-electron chi connectivity index (χ4n) is 4.02. The van der Waals surface area contributed by atoms with Gasteiger partial charge < -0.3 is 25.1 Å². The quantitative estimate of drug-likeness (QED) is 0.506. The number of rotatable bonds is 7. The normalized spacial score (nSPS) is 16.3. The summed E-state index contributed by atoms with van der Waals surface area (Å²) in [5.41, 5.74) is 2.27. The first-order chi connectivity index (χ1) is 15.4. The van der Waals surface area contributed by atoms with Crippen LogP contribution in [0.15, 0.2) is 36.7 Å². The van der Waals surface area contributed by atoms with E-state index in [4.69, 9.17) is 9.47 Å². The number of methoxy groups -OCH3 is 2. The van der Waals surface area contributed by atoms with Crippen molar-refractivity contribution in [3.8, 4) is 17.0 Å². The van der Waals surface area contributed by atoms with Crippen molar-refractivity contribution in [3.63, 3.8) is 0 Å². The Kier molecular flexibility index (Phi) is 6.09. The zero-order valence-corrected chi connectivity index (χ0v) is 18.0. The first kappa shape index (κ1) is 21.8. The summed E-state index contributed by atoms with van der Waals surface area (Å²) in [5, 5.41) is 6.01. The first-order valence-corrected chi connectivity index (χ1v) is 10.2. The van der Waals surface area contributed by atoms with Crippen LogP contribution in [0.1, 0.15) is 35.3 Å². The van der Waals surface area contributed by atoms with Crippen LogP contribution < -0.4 is 15.4 Å². The number of nitrogens with zero attached hydrogens (tertiary/aromatic N) is 1. The highest BCUT2D eigenvalue weighted by molar-refractivity contribution is 6.06. The second kappa shape index (κ2) is 8.96. The second-order valence-corrected chi connectivity index (χ2v) is 7.65. The Morgan fingerprint density at radius 2 is 2.06 bits per heavy atom. The fraction of sp³-hybridized carbons (Fsp3) is 0.304. The van der Waals surface area contributed by atoms with Gasteiger partial charge in [0.25, 0.3) is 5.91 Å². The average Bonchev–Trinajstić information content (AvgIpc) is 3.16. The number of hydrogen-bond donors (Lipinski definition) is 3. The molecule has 2 aromatic heterocycles. The minimum Gasteiger partial charge on any atom is -0.492 e. The van der Waals surface area contributed by atoms with Gasteiger partial charge in [-0.25, -0.2) is 8.78 Å². The largest absolute Gasteiger partial charge is 0.492 e. The molecule has 0 bridgehead atoms. The van der Waals surface area contributed by atoms with Crippen molar-refractivity contribution in [1.29, 1.82) is 0 Å². The van der Waals surface area contributed by atoms with Gasteiger partial charge in [-0.15, -0.1) is 0 Å². The minimum atomic E-state index is -0.560. The molecule has 0 spiro atoms. The molecule has 32 heavy (non-hydrogen) atoms. The molecular formula is C23H24F2N4O3. The third-order valence-corrected chi connectivity index (χ3v) is 5.66. The van der Waals surface area contributed by atoms with Crippen LogP contribution in [-0.4, -0.2) is 42.7 Å². The number of ether oxygens (including phenoxy) is 2. The van der Waals surface area contributed by atoms with Gasteiger partial charge in [-0.1, -0.05) is 6.07 Å². The third kappa shape index (κ3) is 3.91. The lowest BCUT2D eigenvalue weighted by molar-refractivity contribution is 0.0893. The Morgan fingerprint density at radius 1 is 1.25 bits per heavy atom. The highest BCUT2D eigenvalue weighted by Gasteiger charge is 2.34. The Balaban J connectivity index is 1.91. The molecular weight excluding hydrogens is 418 g/mol. The number of carbonyl (C=O) groups is 1. The molecule has 1 amide bonds. The zero-order chi connectivity index (χ0) is 22.8. The van der Waals surface area contributed by atoms with Crippen LogP contribution in [-0.2, 0) is 4.74 Å². The molecule has 0 fully saturated rings. The number of nitrogens with one attached hydrogen (secondary N) is 3. The standard InChI is InChI=1S/C23H24F2N4O3/c1-12(31-2)9-13-10-27-23(30)18-19(13)29-20(14-7-8-26-11-16(14)25)21(18)28-17-6-4-5-15(24)22(17)32-3/h4-8,11-13,28-29H,9-10H2,1-3H3,(H,27,30)/t12-,13+/m1/s1. The van der Waals surface area contributed by atoms with Gasteiger partial charge in [-0.05, 0) is 31.5 Å². The summed E-state index contributed by atoms with van der Waals surface area (Å²) < 4.78 is 39.6. The molecule has 4 rings (SSSR count). The summed E-state index contributed by atoms with van der Waals surface area (Å²) in [6, 6.07) is 5.94. The van der Waals surface area contributed by atoms with Crippen molar-refractivity contribution in [2.45, 2.75) is 25.4 Å². The predicted molar refractivity (Wildman–Crippen MR) is 116 cm³/mol. The molecule has 3 heterocycles. The summed E-state index contributed by atoms with van der Waals surface area (Å²) in [7, 11) is 2.98. The molecule has 0 saturated carbocycles. The highest BCUT2D eigenvalue weighted by Crippen LogP contribution is 2.42. The van der Waals surface area contributed by atoms with Crippen molar-refractivity contribution in [3.05, 3.63) is 59.6 Å². The topological polar surface area (TPSA) is 88.3 Å². The Bertz CT molecular complexity index is 1150. The van der Waals surface area contributed by atoms with Crippen molar-refractivity contribution in [2.24, 2.45) is 0 Å². The molecule has 1 aliphatic rings. The van der Waals surface area contributed by atoms with E-state index in [0.29, 0.717) is 41.3 Å². The lowest BCUT2D eigenvalue weighted by Gasteiger charge is -2.25. The minimum absolute atomic E-state index is 0.00984. The van der Waals surface area contributed by atoms with Gasteiger partial charge in [0.15, 0.2) is 17.4 Å². The van der Waals surface area contributed by atoms with Crippen molar-refractivity contribution in [1.82, 2.24) is 15.3 Å². The molecule has 1 aromatic carbocycles. The van der Waals surface area contributed by atoms with Gasteiger partial charge in [0.05, 0.1) is 42.0 Å². The number of carbonyl (C=O) groups excluding carboxylic acids is 1. The van der Waals surface area contributed by atoms with Crippen molar-refractivity contribution in [2.75, 3.05) is 26.1 Å². The lowest BCUT2D eigenvalue weighted by Crippen LogP contribution is -2.36. The Morgan fingerprint density at radius 3 is 2.78 bits per heavy atom. The van der Waals surface area contributed by atoms with Crippen LogP contribution >= 0.6 is 0 Å². The van der Waals surface area contributed by atoms with E-state index in [1.807, 2.05) is 6.92 Å². The molecule has 2 atom stereocenters. The van der Waals surface area contributed by atoms with Crippen LogP contribution in [0, 0.1) is 11.6 Å². The van der Waals surface area contributed by atoms with Crippen molar-refractivity contribution >= 4 is 17.3 Å². The second-order valence-electron chi connectivity index (χ2n) is 7.65.